The Morgan fingerprint density at radius 3 is 3.15 bits per heavy atom. The molecule has 1 fully saturated rings. The van der Waals surface area contributed by atoms with E-state index in [1.54, 1.807) is 6.26 Å². The van der Waals surface area contributed by atoms with E-state index in [4.69, 9.17) is 10.2 Å². The van der Waals surface area contributed by atoms with Gasteiger partial charge in [0.1, 0.15) is 6.26 Å². The summed E-state index contributed by atoms with van der Waals surface area (Å²) in [7, 11) is 0. The zero-order valence-corrected chi connectivity index (χ0v) is 7.62. The number of nitrogens with one attached hydrogen (secondary N) is 1. The van der Waals surface area contributed by atoms with Crippen molar-refractivity contribution in [3.05, 3.63) is 17.8 Å². The maximum atomic E-state index is 5.45. The summed E-state index contributed by atoms with van der Waals surface area (Å²) in [4.78, 5) is 4.30. The molecule has 1 aliphatic rings. The van der Waals surface area contributed by atoms with Crippen LogP contribution < -0.4 is 11.1 Å². The van der Waals surface area contributed by atoms with E-state index in [9.17, 15) is 0 Å². The van der Waals surface area contributed by atoms with Gasteiger partial charge in [-0.15, -0.1) is 0 Å². The Bertz CT molecular complexity index is 266. The lowest BCUT2D eigenvalue weighted by molar-refractivity contribution is 0.338. The lowest BCUT2D eigenvalue weighted by atomic mass is 10.1. The van der Waals surface area contributed by atoms with E-state index in [1.807, 2.05) is 0 Å². The van der Waals surface area contributed by atoms with E-state index in [0.29, 0.717) is 12.6 Å². The van der Waals surface area contributed by atoms with E-state index >= 15 is 0 Å². The molecule has 1 atom stereocenters. The van der Waals surface area contributed by atoms with E-state index in [-0.39, 0.29) is 0 Å². The topological polar surface area (TPSA) is 64.1 Å². The van der Waals surface area contributed by atoms with Crippen molar-refractivity contribution in [2.75, 3.05) is 6.54 Å². The highest BCUT2D eigenvalue weighted by Crippen LogP contribution is 2.21. The van der Waals surface area contributed by atoms with Crippen LogP contribution in [0.3, 0.4) is 0 Å². The summed E-state index contributed by atoms with van der Waals surface area (Å²) in [5.41, 5.74) is 6.29. The van der Waals surface area contributed by atoms with E-state index in [0.717, 1.165) is 24.6 Å². The van der Waals surface area contributed by atoms with Crippen molar-refractivity contribution in [2.45, 2.75) is 31.8 Å². The van der Waals surface area contributed by atoms with Crippen molar-refractivity contribution in [2.24, 2.45) is 5.73 Å². The molecule has 0 bridgehead atoms. The molecule has 0 spiro atoms. The van der Waals surface area contributed by atoms with Gasteiger partial charge in [-0.3, -0.25) is 0 Å². The summed E-state index contributed by atoms with van der Waals surface area (Å²) in [6, 6.07) is 0.300. The average molecular weight is 181 g/mol. The molecule has 1 aromatic heterocycles. The first-order valence-electron chi connectivity index (χ1n) is 4.78. The Morgan fingerprint density at radius 2 is 2.54 bits per heavy atom. The van der Waals surface area contributed by atoms with Crippen LogP contribution in [0, 0.1) is 0 Å². The highest BCUT2D eigenvalue weighted by Gasteiger charge is 2.19. The van der Waals surface area contributed by atoms with E-state index < -0.39 is 0 Å². The second kappa shape index (κ2) is 3.89. The third-order valence-corrected chi connectivity index (χ3v) is 2.39. The number of nitrogens with zero attached hydrogens (tertiary/aromatic N) is 1. The first-order valence-corrected chi connectivity index (χ1v) is 4.78. The Balaban J connectivity index is 2.05. The van der Waals surface area contributed by atoms with Gasteiger partial charge in [-0.05, 0) is 19.4 Å². The fourth-order valence-electron chi connectivity index (χ4n) is 1.64. The minimum absolute atomic E-state index is 0.300. The van der Waals surface area contributed by atoms with E-state index in [1.165, 1.54) is 12.8 Å². The third-order valence-electron chi connectivity index (χ3n) is 2.39. The molecule has 2 rings (SSSR count). The van der Waals surface area contributed by atoms with Crippen molar-refractivity contribution in [1.82, 2.24) is 10.3 Å². The monoisotopic (exact) mass is 181 g/mol. The molecule has 0 radical (unpaired) electrons. The molecule has 0 aliphatic carbocycles. The lowest BCUT2D eigenvalue weighted by Crippen LogP contribution is -2.27. The summed E-state index contributed by atoms with van der Waals surface area (Å²) in [5, 5.41) is 3.38. The Labute approximate surface area is 77.5 Å². The maximum absolute atomic E-state index is 5.45. The van der Waals surface area contributed by atoms with E-state index in [2.05, 4.69) is 10.3 Å². The van der Waals surface area contributed by atoms with Crippen LogP contribution in [0.1, 0.15) is 36.9 Å². The van der Waals surface area contributed by atoms with Gasteiger partial charge in [0.05, 0.1) is 11.7 Å². The molecule has 1 aliphatic heterocycles. The van der Waals surface area contributed by atoms with Gasteiger partial charge in [0.25, 0.3) is 0 Å². The van der Waals surface area contributed by atoms with Crippen LogP contribution in [0.25, 0.3) is 0 Å². The molecule has 1 saturated heterocycles. The quantitative estimate of drug-likeness (QED) is 0.713. The third kappa shape index (κ3) is 1.89. The van der Waals surface area contributed by atoms with Gasteiger partial charge >= 0.3 is 0 Å². The molecule has 2 heterocycles. The Morgan fingerprint density at radius 1 is 1.62 bits per heavy atom. The molecule has 4 heteroatoms. The van der Waals surface area contributed by atoms with Crippen LogP contribution in [-0.4, -0.2) is 11.5 Å². The number of piperidine rings is 1. The SMILES string of the molecule is NCc1coc(C2CCCCN2)n1. The molecule has 4 nitrogen and oxygen atoms in total. The second-order valence-corrected chi connectivity index (χ2v) is 3.38. The van der Waals surface area contributed by atoms with Gasteiger partial charge in [0.2, 0.25) is 5.89 Å². The number of aromatic nitrogens is 1. The van der Waals surface area contributed by atoms with Crippen LogP contribution in [0.5, 0.6) is 0 Å². The smallest absolute Gasteiger partial charge is 0.211 e. The number of oxazole rings is 1. The standard InChI is InChI=1S/C9H15N3O/c10-5-7-6-13-9(12-7)8-3-1-2-4-11-8/h6,8,11H,1-5,10H2. The molecule has 1 unspecified atom stereocenters. The Kier molecular flexibility index (Phi) is 2.61. The molecule has 13 heavy (non-hydrogen) atoms. The van der Waals surface area contributed by atoms with Crippen molar-refractivity contribution >= 4 is 0 Å². The minimum atomic E-state index is 0.300. The minimum Gasteiger partial charge on any atom is -0.447 e. The predicted molar refractivity (Wildman–Crippen MR) is 49.0 cm³/mol. The van der Waals surface area contributed by atoms with Gasteiger partial charge in [0, 0.05) is 6.54 Å². The zero-order valence-electron chi connectivity index (χ0n) is 7.62. The predicted octanol–water partition coefficient (Wildman–Crippen LogP) is 0.948. The van der Waals surface area contributed by atoms with Crippen LogP contribution in [0.15, 0.2) is 10.7 Å². The molecular weight excluding hydrogens is 166 g/mol. The number of nitrogens with two attached hydrogens (primary N) is 1. The van der Waals surface area contributed by atoms with Crippen molar-refractivity contribution in [3.63, 3.8) is 0 Å². The van der Waals surface area contributed by atoms with Crippen LogP contribution >= 0.6 is 0 Å². The highest BCUT2D eigenvalue weighted by atomic mass is 16.3. The lowest BCUT2D eigenvalue weighted by Gasteiger charge is -2.20. The normalized spacial score (nSPS) is 23.3. The summed E-state index contributed by atoms with van der Waals surface area (Å²) in [6.45, 7) is 1.52. The van der Waals surface area contributed by atoms with Gasteiger partial charge < -0.3 is 15.5 Å². The van der Waals surface area contributed by atoms with Gasteiger partial charge in [-0.25, -0.2) is 4.98 Å². The van der Waals surface area contributed by atoms with Crippen molar-refractivity contribution in [1.29, 1.82) is 0 Å². The van der Waals surface area contributed by atoms with Crippen LogP contribution in [-0.2, 0) is 6.54 Å². The molecule has 0 amide bonds. The van der Waals surface area contributed by atoms with Gasteiger partial charge in [-0.2, -0.15) is 0 Å². The van der Waals surface area contributed by atoms with Gasteiger partial charge in [-0.1, -0.05) is 6.42 Å². The first-order chi connectivity index (χ1) is 6.40. The number of hydrogen-bond donors (Lipinski definition) is 2. The van der Waals surface area contributed by atoms with Crippen molar-refractivity contribution in [3.8, 4) is 0 Å². The average Bonchev–Trinajstić information content (AvgIpc) is 2.67. The highest BCUT2D eigenvalue weighted by molar-refractivity contribution is 5.00. The van der Waals surface area contributed by atoms with Crippen LogP contribution in [0.2, 0.25) is 0 Å². The molecule has 72 valence electrons. The molecule has 0 saturated carbocycles. The largest absolute Gasteiger partial charge is 0.447 e. The van der Waals surface area contributed by atoms with Gasteiger partial charge in [0.15, 0.2) is 0 Å². The summed E-state index contributed by atoms with van der Waals surface area (Å²) < 4.78 is 5.34. The number of hydrogen-bond acceptors (Lipinski definition) is 4. The number of rotatable bonds is 2. The van der Waals surface area contributed by atoms with Crippen molar-refractivity contribution < 1.29 is 4.42 Å². The molecule has 0 aromatic carbocycles. The second-order valence-electron chi connectivity index (χ2n) is 3.38. The fourth-order valence-corrected chi connectivity index (χ4v) is 1.64. The molecule has 3 N–H and O–H groups in total. The Hall–Kier alpha value is -0.870. The summed E-state index contributed by atoms with van der Waals surface area (Å²) in [6.07, 6.45) is 5.26. The fraction of sp³-hybridized carbons (Fsp3) is 0.667. The van der Waals surface area contributed by atoms with Crippen LogP contribution in [0.4, 0.5) is 0 Å². The molecule has 1 aromatic rings. The molecular formula is C9H15N3O. The summed E-state index contributed by atoms with van der Waals surface area (Å²) >= 11 is 0. The maximum Gasteiger partial charge on any atom is 0.211 e. The summed E-state index contributed by atoms with van der Waals surface area (Å²) in [5.74, 6) is 0.792. The first kappa shape index (κ1) is 8.72. The zero-order chi connectivity index (χ0) is 9.10.